The molecule has 3 aliphatic carbocycles. The van der Waals surface area contributed by atoms with Crippen molar-refractivity contribution in [3.05, 3.63) is 29.8 Å². The Morgan fingerprint density at radius 1 is 1.11 bits per heavy atom. The van der Waals surface area contributed by atoms with Crippen molar-refractivity contribution in [2.75, 3.05) is 18.9 Å². The molecule has 1 aliphatic heterocycles. The molecule has 1 aromatic carbocycles. The number of guanidine groups is 1. The van der Waals surface area contributed by atoms with E-state index < -0.39 is 19.2 Å². The predicted molar refractivity (Wildman–Crippen MR) is 177 cm³/mol. The molecular formula is C33H55BN6O4. The summed E-state index contributed by atoms with van der Waals surface area (Å²) in [5, 5.41) is 12.1. The Labute approximate surface area is 264 Å². The van der Waals surface area contributed by atoms with Crippen molar-refractivity contribution in [3.63, 3.8) is 0 Å². The summed E-state index contributed by atoms with van der Waals surface area (Å²) in [6, 6.07) is 6.67. The number of aliphatic imine (C=N–C) groups is 1. The molecule has 1 aromatic rings. The molecule has 0 aromatic heterocycles. The van der Waals surface area contributed by atoms with Gasteiger partial charge < -0.3 is 36.3 Å². The van der Waals surface area contributed by atoms with Crippen LogP contribution in [0.15, 0.2) is 29.3 Å². The highest BCUT2D eigenvalue weighted by Gasteiger charge is 2.68. The summed E-state index contributed by atoms with van der Waals surface area (Å²) in [5.41, 5.74) is 7.56. The largest absolute Gasteiger partial charge is 0.481 e. The Bertz CT molecular complexity index is 1160. The van der Waals surface area contributed by atoms with E-state index in [1.165, 1.54) is 12.0 Å². The van der Waals surface area contributed by atoms with Crippen LogP contribution in [0.1, 0.15) is 92.1 Å². The van der Waals surface area contributed by atoms with Gasteiger partial charge in [0.2, 0.25) is 5.91 Å². The van der Waals surface area contributed by atoms with Crippen molar-refractivity contribution in [3.8, 4) is 0 Å². The zero-order chi connectivity index (χ0) is 32.1. The fourth-order valence-electron chi connectivity index (χ4n) is 7.43. The van der Waals surface area contributed by atoms with Crippen molar-refractivity contribution in [2.24, 2.45) is 33.9 Å². The van der Waals surface area contributed by atoms with Crippen LogP contribution in [0.25, 0.3) is 0 Å². The van der Waals surface area contributed by atoms with Gasteiger partial charge in [0.25, 0.3) is 0 Å². The van der Waals surface area contributed by atoms with E-state index in [4.69, 9.17) is 15.0 Å². The van der Waals surface area contributed by atoms with E-state index in [9.17, 15) is 9.59 Å². The number of urea groups is 1. The van der Waals surface area contributed by atoms with E-state index in [2.05, 4.69) is 67.8 Å². The van der Waals surface area contributed by atoms with Gasteiger partial charge in [0.05, 0.1) is 17.6 Å². The fraction of sp³-hybridized carbons (Fsp3) is 0.727. The Morgan fingerprint density at radius 3 is 2.48 bits per heavy atom. The lowest BCUT2D eigenvalue weighted by Crippen LogP contribution is -2.65. The number of nitrogens with zero attached hydrogens (tertiary/aromatic N) is 1. The molecule has 1 heterocycles. The van der Waals surface area contributed by atoms with Crippen LogP contribution < -0.4 is 27.0 Å². The van der Waals surface area contributed by atoms with Gasteiger partial charge in [-0.25, -0.2) is 4.79 Å². The van der Waals surface area contributed by atoms with Gasteiger partial charge in [0.1, 0.15) is 6.04 Å². The molecule has 2 bridgehead atoms. The monoisotopic (exact) mass is 610 g/mol. The molecule has 244 valence electrons. The average Bonchev–Trinajstić information content (AvgIpc) is 3.34. The second-order valence-corrected chi connectivity index (χ2v) is 14.2. The van der Waals surface area contributed by atoms with Gasteiger partial charge in [-0.15, -0.1) is 0 Å². The van der Waals surface area contributed by atoms with Crippen LogP contribution >= 0.6 is 0 Å². The number of hydrogen-bond donors (Lipinski definition) is 5. The standard InChI is InChI=1S/C33H55BN6O4/c1-8-9-11-22-13-15-24(16-14-22)38-31(42)39-25(12-10-17-37-30(35)36-7)29(41)40-28(18-21(2)3)34-43-27-20-23-19-26(32(23,4)5)33(27,6)44-34/h13-16,21,23,25-28H,8-12,17-20H2,1-7H3,(H,40,41)(H3,35,36,37)(H2,38,39,42)/t23-,25-,26-,27+,28-,33-/m0/s1. The number of anilines is 1. The summed E-state index contributed by atoms with van der Waals surface area (Å²) >= 11 is 0. The SMILES string of the molecule is CCCCc1ccc(NC(=O)N[C@@H](CCCNC(N)=NC)C(=O)N[C@@H](CC(C)C)B2O[C@@H]3C[C@@H]4C[C@@H](C4(C)C)[C@]3(C)O2)cc1. The molecule has 3 amide bonds. The highest BCUT2D eigenvalue weighted by atomic mass is 16.7. The lowest BCUT2D eigenvalue weighted by molar-refractivity contribution is -0.199. The smallest absolute Gasteiger partial charge is 0.404 e. The third-order valence-corrected chi connectivity index (χ3v) is 10.2. The first kappa shape index (κ1) is 34.1. The molecule has 6 N–H and O–H groups in total. The van der Waals surface area contributed by atoms with E-state index in [0.29, 0.717) is 55.2 Å². The van der Waals surface area contributed by atoms with Gasteiger partial charge in [-0.1, -0.05) is 53.2 Å². The van der Waals surface area contributed by atoms with E-state index in [-0.39, 0.29) is 29.0 Å². The van der Waals surface area contributed by atoms with E-state index in [1.54, 1.807) is 7.05 Å². The van der Waals surface area contributed by atoms with E-state index in [1.807, 2.05) is 24.3 Å². The molecule has 5 rings (SSSR count). The van der Waals surface area contributed by atoms with Crippen LogP contribution in [-0.2, 0) is 20.5 Å². The third-order valence-electron chi connectivity index (χ3n) is 10.2. The lowest BCUT2D eigenvalue weighted by atomic mass is 9.43. The Morgan fingerprint density at radius 2 is 1.84 bits per heavy atom. The molecule has 3 saturated carbocycles. The van der Waals surface area contributed by atoms with Crippen LogP contribution in [0.5, 0.6) is 0 Å². The average molecular weight is 611 g/mol. The normalized spacial score (nSPS) is 26.8. The lowest BCUT2D eigenvalue weighted by Gasteiger charge is -2.64. The minimum atomic E-state index is -0.763. The van der Waals surface area contributed by atoms with Gasteiger partial charge >= 0.3 is 13.1 Å². The Hall–Kier alpha value is -2.79. The first-order valence-corrected chi connectivity index (χ1v) is 16.6. The summed E-state index contributed by atoms with van der Waals surface area (Å²) in [7, 11) is 1.08. The predicted octanol–water partition coefficient (Wildman–Crippen LogP) is 4.63. The first-order chi connectivity index (χ1) is 20.9. The number of unbranched alkanes of at least 4 members (excludes halogenated alkanes) is 1. The highest BCUT2D eigenvalue weighted by molar-refractivity contribution is 6.48. The molecule has 0 spiro atoms. The minimum Gasteiger partial charge on any atom is -0.404 e. The summed E-state index contributed by atoms with van der Waals surface area (Å²) in [4.78, 5) is 30.9. The van der Waals surface area contributed by atoms with Crippen LogP contribution in [0.3, 0.4) is 0 Å². The topological polar surface area (TPSA) is 139 Å². The second-order valence-electron chi connectivity index (χ2n) is 14.2. The maximum absolute atomic E-state index is 13.8. The number of rotatable bonds is 14. The van der Waals surface area contributed by atoms with Gasteiger partial charge in [-0.2, -0.15) is 0 Å². The molecule has 11 heteroatoms. The molecule has 0 radical (unpaired) electrons. The summed E-state index contributed by atoms with van der Waals surface area (Å²) in [6.45, 7) is 13.8. The van der Waals surface area contributed by atoms with Crippen molar-refractivity contribution in [1.29, 1.82) is 0 Å². The van der Waals surface area contributed by atoms with Crippen molar-refractivity contribution in [1.82, 2.24) is 16.0 Å². The van der Waals surface area contributed by atoms with Crippen LogP contribution in [0.2, 0.25) is 0 Å². The van der Waals surface area contributed by atoms with Gasteiger partial charge in [0, 0.05) is 19.3 Å². The highest BCUT2D eigenvalue weighted by Crippen LogP contribution is 2.65. The molecule has 1 saturated heterocycles. The van der Waals surface area contributed by atoms with Gasteiger partial charge in [0.15, 0.2) is 5.96 Å². The van der Waals surface area contributed by atoms with Crippen molar-refractivity contribution < 1.29 is 18.9 Å². The minimum absolute atomic E-state index is 0.0284. The number of benzene rings is 1. The maximum Gasteiger partial charge on any atom is 0.481 e. The zero-order valence-electron chi connectivity index (χ0n) is 27.9. The Balaban J connectivity index is 1.42. The number of carbonyl (C=O) groups excluding carboxylic acids is 2. The third kappa shape index (κ3) is 7.89. The van der Waals surface area contributed by atoms with E-state index in [0.717, 1.165) is 25.7 Å². The summed E-state index contributed by atoms with van der Waals surface area (Å²) in [5.74, 6) is 1.13. The van der Waals surface area contributed by atoms with Gasteiger partial charge in [-0.05, 0) is 92.7 Å². The number of nitrogens with one attached hydrogen (secondary N) is 4. The number of nitrogens with two attached hydrogens (primary N) is 1. The zero-order valence-corrected chi connectivity index (χ0v) is 27.9. The number of hydrogen-bond acceptors (Lipinski definition) is 5. The quantitative estimate of drug-likeness (QED) is 0.0901. The first-order valence-electron chi connectivity index (χ1n) is 16.6. The molecular weight excluding hydrogens is 555 g/mol. The molecule has 6 atom stereocenters. The van der Waals surface area contributed by atoms with Crippen molar-refractivity contribution >= 4 is 30.7 Å². The van der Waals surface area contributed by atoms with Gasteiger partial charge in [-0.3, -0.25) is 9.79 Å². The molecule has 4 fully saturated rings. The van der Waals surface area contributed by atoms with Crippen molar-refractivity contribution in [2.45, 2.75) is 117 Å². The molecule has 0 unspecified atom stereocenters. The Kier molecular flexibility index (Phi) is 11.3. The summed E-state index contributed by atoms with van der Waals surface area (Å²) < 4.78 is 13.3. The maximum atomic E-state index is 13.8. The molecule has 10 nitrogen and oxygen atoms in total. The second kappa shape index (κ2) is 14.5. The van der Waals surface area contributed by atoms with E-state index >= 15 is 0 Å². The van der Waals surface area contributed by atoms with Crippen LogP contribution in [-0.4, -0.2) is 62.3 Å². The fourth-order valence-corrected chi connectivity index (χ4v) is 7.43. The van der Waals surface area contributed by atoms with Crippen LogP contribution in [0, 0.1) is 23.2 Å². The number of aryl methyl sites for hydroxylation is 1. The number of amides is 3. The van der Waals surface area contributed by atoms with Crippen LogP contribution in [0.4, 0.5) is 10.5 Å². The molecule has 4 aliphatic rings. The number of carbonyl (C=O) groups is 2. The summed E-state index contributed by atoms with van der Waals surface area (Å²) in [6.07, 6.45) is 7.17. The molecule has 44 heavy (non-hydrogen) atoms.